The Morgan fingerprint density at radius 2 is 2.33 bits per heavy atom. The average Bonchev–Trinajstić information content (AvgIpc) is 1.33. The van der Waals surface area contributed by atoms with Crippen molar-refractivity contribution < 1.29 is 4.74 Å². The Morgan fingerprint density at radius 1 is 1.83 bits per heavy atom. The predicted molar refractivity (Wildman–Crippen MR) is 24.8 cm³/mol. The molecule has 1 aliphatic rings. The van der Waals surface area contributed by atoms with Crippen LogP contribution < -0.4 is 0 Å². The highest BCUT2D eigenvalue weighted by atomic mass is 35.5. The Bertz CT molecular complexity index is 43.5. The maximum Gasteiger partial charge on any atom is 0.134 e. The van der Waals surface area contributed by atoms with E-state index in [4.69, 9.17) is 16.3 Å². The predicted octanol–water partition coefficient (Wildman–Crippen LogP) is 1.36. The van der Waals surface area contributed by atoms with E-state index in [0.29, 0.717) is 6.10 Å². The molecular weight excluding hydrogens is 99.5 g/mol. The molecule has 0 radical (unpaired) electrons. The van der Waals surface area contributed by atoms with Gasteiger partial charge in [0.15, 0.2) is 0 Å². The lowest BCUT2D eigenvalue weighted by atomic mass is 10.2. The van der Waals surface area contributed by atoms with Crippen LogP contribution in [0.15, 0.2) is 0 Å². The van der Waals surface area contributed by atoms with E-state index in [9.17, 15) is 0 Å². The third-order valence-corrected chi connectivity index (χ3v) is 1.18. The molecule has 2 heteroatoms. The van der Waals surface area contributed by atoms with Crippen molar-refractivity contribution in [3.8, 4) is 0 Å². The number of alkyl halides is 1. The molecule has 6 heavy (non-hydrogen) atoms. The third-order valence-electron chi connectivity index (χ3n) is 0.897. The van der Waals surface area contributed by atoms with Crippen molar-refractivity contribution in [2.24, 2.45) is 0 Å². The van der Waals surface area contributed by atoms with Gasteiger partial charge in [0.05, 0.1) is 6.10 Å². The summed E-state index contributed by atoms with van der Waals surface area (Å²) in [6, 6.07) is 0. The summed E-state index contributed by atoms with van der Waals surface area (Å²) in [6.45, 7) is 2.01. The van der Waals surface area contributed by atoms with E-state index < -0.39 is 0 Å². The van der Waals surface area contributed by atoms with Gasteiger partial charge in [-0.05, 0) is 6.92 Å². The molecule has 1 rings (SSSR count). The highest BCUT2D eigenvalue weighted by Gasteiger charge is 2.22. The molecule has 0 aromatic heterocycles. The number of halogens is 1. The molecule has 2 unspecified atom stereocenters. The van der Waals surface area contributed by atoms with Gasteiger partial charge in [-0.25, -0.2) is 0 Å². The van der Waals surface area contributed by atoms with Crippen LogP contribution in [0.2, 0.25) is 0 Å². The van der Waals surface area contributed by atoms with Crippen LogP contribution >= 0.6 is 11.6 Å². The lowest BCUT2D eigenvalue weighted by Gasteiger charge is -2.27. The van der Waals surface area contributed by atoms with Crippen LogP contribution in [-0.4, -0.2) is 11.7 Å². The SMILES string of the molecule is CC1CC(Cl)O1. The summed E-state index contributed by atoms with van der Waals surface area (Å²) in [5.74, 6) is 0. The van der Waals surface area contributed by atoms with E-state index >= 15 is 0 Å². The Kier molecular flexibility index (Phi) is 1.02. The fraction of sp³-hybridized carbons (Fsp3) is 1.00. The number of hydrogen-bond acceptors (Lipinski definition) is 1. The summed E-state index contributed by atoms with van der Waals surface area (Å²) in [5.41, 5.74) is 0.0139. The van der Waals surface area contributed by atoms with Crippen molar-refractivity contribution in [2.75, 3.05) is 0 Å². The maximum absolute atomic E-state index is 5.42. The summed E-state index contributed by atoms with van der Waals surface area (Å²) >= 11 is 5.42. The summed E-state index contributed by atoms with van der Waals surface area (Å²) < 4.78 is 4.90. The largest absolute Gasteiger partial charge is 0.359 e. The minimum atomic E-state index is 0.0139. The van der Waals surface area contributed by atoms with Gasteiger partial charge >= 0.3 is 0 Å². The van der Waals surface area contributed by atoms with E-state index in [-0.39, 0.29) is 5.56 Å². The van der Waals surface area contributed by atoms with Crippen LogP contribution in [0.1, 0.15) is 13.3 Å². The fourth-order valence-electron chi connectivity index (χ4n) is 0.502. The van der Waals surface area contributed by atoms with E-state index in [1.165, 1.54) is 0 Å². The van der Waals surface area contributed by atoms with Crippen molar-refractivity contribution in [3.63, 3.8) is 0 Å². The van der Waals surface area contributed by atoms with Crippen LogP contribution in [0.25, 0.3) is 0 Å². The first-order chi connectivity index (χ1) is 2.79. The molecule has 0 bridgehead atoms. The molecule has 1 aliphatic heterocycles. The molecule has 0 aliphatic carbocycles. The smallest absolute Gasteiger partial charge is 0.134 e. The fourth-order valence-corrected chi connectivity index (χ4v) is 0.928. The number of hydrogen-bond donors (Lipinski definition) is 0. The Morgan fingerprint density at radius 3 is 2.33 bits per heavy atom. The second kappa shape index (κ2) is 1.39. The molecule has 1 fully saturated rings. The second-order valence-corrected chi connectivity index (χ2v) is 2.08. The van der Waals surface area contributed by atoms with Crippen LogP contribution in [0.3, 0.4) is 0 Å². The number of ether oxygens (including phenoxy) is 1. The summed E-state index contributed by atoms with van der Waals surface area (Å²) in [5, 5.41) is 0. The van der Waals surface area contributed by atoms with Crippen molar-refractivity contribution in [1.82, 2.24) is 0 Å². The molecule has 1 saturated heterocycles. The van der Waals surface area contributed by atoms with E-state index in [1.54, 1.807) is 0 Å². The van der Waals surface area contributed by atoms with Crippen LogP contribution in [0.5, 0.6) is 0 Å². The van der Waals surface area contributed by atoms with Gasteiger partial charge in [0.1, 0.15) is 5.56 Å². The molecule has 1 heterocycles. The molecule has 36 valence electrons. The first kappa shape index (κ1) is 4.41. The molecule has 0 amide bonds. The molecule has 0 saturated carbocycles. The molecule has 0 aromatic rings. The zero-order chi connectivity index (χ0) is 4.57. The van der Waals surface area contributed by atoms with Gasteiger partial charge < -0.3 is 4.74 Å². The van der Waals surface area contributed by atoms with Gasteiger partial charge in [0.2, 0.25) is 0 Å². The highest BCUT2D eigenvalue weighted by Crippen LogP contribution is 2.22. The van der Waals surface area contributed by atoms with E-state index in [2.05, 4.69) is 0 Å². The van der Waals surface area contributed by atoms with Crippen molar-refractivity contribution in [1.29, 1.82) is 0 Å². The molecule has 0 aromatic carbocycles. The van der Waals surface area contributed by atoms with Crippen LogP contribution in [0.4, 0.5) is 0 Å². The monoisotopic (exact) mass is 106 g/mol. The molecule has 0 N–H and O–H groups in total. The standard InChI is InChI=1S/C4H7ClO/c1-3-2-4(5)6-3/h3-4H,2H2,1H3. The Labute approximate surface area is 42.2 Å². The van der Waals surface area contributed by atoms with E-state index in [0.717, 1.165) is 6.42 Å². The minimum absolute atomic E-state index is 0.0139. The van der Waals surface area contributed by atoms with Gasteiger partial charge in [0.25, 0.3) is 0 Å². The number of rotatable bonds is 0. The van der Waals surface area contributed by atoms with E-state index in [1.807, 2.05) is 6.92 Å². The average molecular weight is 107 g/mol. The van der Waals surface area contributed by atoms with Crippen molar-refractivity contribution in [3.05, 3.63) is 0 Å². The Balaban J connectivity index is 2.11. The van der Waals surface area contributed by atoms with Crippen molar-refractivity contribution >= 4 is 11.6 Å². The topological polar surface area (TPSA) is 9.23 Å². The van der Waals surface area contributed by atoms with Crippen LogP contribution in [-0.2, 0) is 4.74 Å². The lowest BCUT2D eigenvalue weighted by Crippen LogP contribution is -2.29. The van der Waals surface area contributed by atoms with Gasteiger partial charge in [0, 0.05) is 6.42 Å². The first-order valence-electron chi connectivity index (χ1n) is 2.08. The highest BCUT2D eigenvalue weighted by molar-refractivity contribution is 6.20. The normalized spacial score (nSPS) is 45.0. The zero-order valence-electron chi connectivity index (χ0n) is 3.65. The van der Waals surface area contributed by atoms with Crippen LogP contribution in [0, 0.1) is 0 Å². The van der Waals surface area contributed by atoms with Gasteiger partial charge in [-0.3, -0.25) is 0 Å². The first-order valence-corrected chi connectivity index (χ1v) is 2.52. The second-order valence-electron chi connectivity index (χ2n) is 1.59. The van der Waals surface area contributed by atoms with Gasteiger partial charge in [-0.2, -0.15) is 0 Å². The summed E-state index contributed by atoms with van der Waals surface area (Å²) in [7, 11) is 0. The van der Waals surface area contributed by atoms with Gasteiger partial charge in [-0.15, -0.1) is 0 Å². The van der Waals surface area contributed by atoms with Gasteiger partial charge in [-0.1, -0.05) is 11.6 Å². The minimum Gasteiger partial charge on any atom is -0.359 e. The lowest BCUT2D eigenvalue weighted by molar-refractivity contribution is -0.0659. The molecule has 0 spiro atoms. The summed E-state index contributed by atoms with van der Waals surface area (Å²) in [4.78, 5) is 0. The summed E-state index contributed by atoms with van der Waals surface area (Å²) in [6.07, 6.45) is 1.43. The zero-order valence-corrected chi connectivity index (χ0v) is 4.40. The quantitative estimate of drug-likeness (QED) is 0.424. The maximum atomic E-state index is 5.42. The molecular formula is C4H7ClO. The molecule has 1 nitrogen and oxygen atoms in total. The third kappa shape index (κ3) is 0.660. The Hall–Kier alpha value is 0.250. The van der Waals surface area contributed by atoms with Crippen molar-refractivity contribution in [2.45, 2.75) is 25.0 Å². The molecule has 2 atom stereocenters.